The van der Waals surface area contributed by atoms with Gasteiger partial charge < -0.3 is 14.3 Å². The Balaban J connectivity index is 2.13. The highest BCUT2D eigenvalue weighted by Gasteiger charge is 2.16. The predicted octanol–water partition coefficient (Wildman–Crippen LogP) is 4.09. The maximum atomic E-state index is 12.9. The molecule has 0 aliphatic heterocycles. The van der Waals surface area contributed by atoms with E-state index in [0.717, 1.165) is 0 Å². The van der Waals surface area contributed by atoms with Gasteiger partial charge in [-0.2, -0.15) is 0 Å². The molecule has 2 aromatic heterocycles. The van der Waals surface area contributed by atoms with Crippen LogP contribution in [-0.2, 0) is 0 Å². The highest BCUT2D eigenvalue weighted by Crippen LogP contribution is 2.24. The molecule has 0 radical (unpaired) electrons. The second-order valence-corrected chi connectivity index (χ2v) is 6.43. The third-order valence-electron chi connectivity index (χ3n) is 3.78. The molecule has 0 saturated carbocycles. The van der Waals surface area contributed by atoms with Crippen LogP contribution in [0.1, 0.15) is 35.7 Å². The minimum absolute atomic E-state index is 0.0152. The Morgan fingerprint density at radius 3 is 2.74 bits per heavy atom. The molecule has 0 atom stereocenters. The van der Waals surface area contributed by atoms with Gasteiger partial charge in [0.25, 0.3) is 0 Å². The van der Waals surface area contributed by atoms with Crippen LogP contribution in [0, 0.1) is 5.92 Å². The molecule has 0 aliphatic carbocycles. The number of carboxylic acid groups (broad SMARTS) is 1. The Hall–Kier alpha value is -3.41. The molecule has 0 amide bonds. The lowest BCUT2D eigenvalue weighted by Crippen LogP contribution is -2.14. The van der Waals surface area contributed by atoms with E-state index in [0.29, 0.717) is 17.9 Å². The van der Waals surface area contributed by atoms with E-state index in [9.17, 15) is 9.59 Å². The SMILES string of the molecule is CC(C)COc1c(/C=C/c2ccccn2)oc2ccc(C(=O)O)cc2c1=O. The molecule has 0 spiro atoms. The number of nitrogens with zero attached hydrogens (tertiary/aromatic N) is 1. The number of fused-ring (bicyclic) bond motifs is 1. The van der Waals surface area contributed by atoms with Gasteiger partial charge in [0, 0.05) is 6.20 Å². The summed E-state index contributed by atoms with van der Waals surface area (Å²) in [7, 11) is 0. The minimum atomic E-state index is -1.11. The zero-order chi connectivity index (χ0) is 19.4. The second-order valence-electron chi connectivity index (χ2n) is 6.43. The molecule has 0 saturated heterocycles. The Morgan fingerprint density at radius 2 is 2.07 bits per heavy atom. The van der Waals surface area contributed by atoms with Crippen molar-refractivity contribution in [1.82, 2.24) is 4.98 Å². The summed E-state index contributed by atoms with van der Waals surface area (Å²) < 4.78 is 11.5. The van der Waals surface area contributed by atoms with Crippen LogP contribution in [0.15, 0.2) is 51.8 Å². The van der Waals surface area contributed by atoms with Gasteiger partial charge in [0.05, 0.1) is 23.3 Å². The molecule has 2 heterocycles. The molecule has 0 unspecified atom stereocenters. The Bertz CT molecular complexity index is 1050. The van der Waals surface area contributed by atoms with Crippen molar-refractivity contribution >= 4 is 29.1 Å². The van der Waals surface area contributed by atoms with E-state index < -0.39 is 11.4 Å². The lowest BCUT2D eigenvalue weighted by Gasteiger charge is -2.11. The van der Waals surface area contributed by atoms with Crippen molar-refractivity contribution in [1.29, 1.82) is 0 Å². The highest BCUT2D eigenvalue weighted by atomic mass is 16.5. The first kappa shape index (κ1) is 18.4. The first-order valence-corrected chi connectivity index (χ1v) is 8.52. The number of ether oxygens (including phenoxy) is 1. The van der Waals surface area contributed by atoms with E-state index in [1.807, 2.05) is 32.0 Å². The predicted molar refractivity (Wildman–Crippen MR) is 103 cm³/mol. The maximum Gasteiger partial charge on any atom is 0.335 e. The zero-order valence-corrected chi connectivity index (χ0v) is 15.0. The highest BCUT2D eigenvalue weighted by molar-refractivity contribution is 5.93. The summed E-state index contributed by atoms with van der Waals surface area (Å²) >= 11 is 0. The molecule has 6 heteroatoms. The van der Waals surface area contributed by atoms with Crippen molar-refractivity contribution in [3.63, 3.8) is 0 Å². The molecule has 1 aromatic carbocycles. The molecule has 0 bridgehead atoms. The number of aromatic carboxylic acids is 1. The van der Waals surface area contributed by atoms with Crippen LogP contribution in [0.4, 0.5) is 0 Å². The van der Waals surface area contributed by atoms with Gasteiger partial charge in [-0.05, 0) is 48.4 Å². The van der Waals surface area contributed by atoms with Gasteiger partial charge in [0.15, 0.2) is 5.76 Å². The Labute approximate surface area is 155 Å². The molecule has 6 nitrogen and oxygen atoms in total. The fourth-order valence-corrected chi connectivity index (χ4v) is 2.46. The summed E-state index contributed by atoms with van der Waals surface area (Å²) in [4.78, 5) is 28.3. The monoisotopic (exact) mass is 365 g/mol. The Kier molecular flexibility index (Phi) is 5.35. The molecular weight excluding hydrogens is 346 g/mol. The van der Waals surface area contributed by atoms with Gasteiger partial charge in [-0.25, -0.2) is 4.79 Å². The molecule has 138 valence electrons. The number of rotatable bonds is 6. The van der Waals surface area contributed by atoms with E-state index in [4.69, 9.17) is 14.3 Å². The number of hydrogen-bond donors (Lipinski definition) is 1. The number of carbonyl (C=O) groups is 1. The van der Waals surface area contributed by atoms with Crippen molar-refractivity contribution < 1.29 is 19.1 Å². The van der Waals surface area contributed by atoms with Crippen molar-refractivity contribution in [3.8, 4) is 5.75 Å². The summed E-state index contributed by atoms with van der Waals surface area (Å²) in [6, 6.07) is 9.66. The second kappa shape index (κ2) is 7.86. The number of benzene rings is 1. The summed E-state index contributed by atoms with van der Waals surface area (Å²) in [5, 5.41) is 9.33. The van der Waals surface area contributed by atoms with Gasteiger partial charge in [0.1, 0.15) is 5.58 Å². The average Bonchev–Trinajstić information content (AvgIpc) is 2.66. The molecule has 0 fully saturated rings. The first-order chi connectivity index (χ1) is 13.0. The van der Waals surface area contributed by atoms with Crippen molar-refractivity contribution in [2.75, 3.05) is 6.61 Å². The lowest BCUT2D eigenvalue weighted by atomic mass is 10.1. The van der Waals surface area contributed by atoms with Gasteiger partial charge in [-0.15, -0.1) is 0 Å². The third-order valence-corrected chi connectivity index (χ3v) is 3.78. The quantitative estimate of drug-likeness (QED) is 0.708. The number of carboxylic acids is 1. The van der Waals surface area contributed by atoms with E-state index in [1.165, 1.54) is 18.2 Å². The third kappa shape index (κ3) is 4.23. The molecule has 3 rings (SSSR count). The normalized spacial score (nSPS) is 11.4. The van der Waals surface area contributed by atoms with Crippen LogP contribution < -0.4 is 10.2 Å². The van der Waals surface area contributed by atoms with Gasteiger partial charge in [0.2, 0.25) is 11.2 Å². The van der Waals surface area contributed by atoms with Crippen molar-refractivity contribution in [3.05, 3.63) is 69.8 Å². The van der Waals surface area contributed by atoms with Crippen LogP contribution in [0.25, 0.3) is 23.1 Å². The van der Waals surface area contributed by atoms with Crippen LogP contribution in [-0.4, -0.2) is 22.7 Å². The van der Waals surface area contributed by atoms with E-state index >= 15 is 0 Å². The van der Waals surface area contributed by atoms with E-state index in [1.54, 1.807) is 18.3 Å². The number of pyridine rings is 1. The maximum absolute atomic E-state index is 12.9. The van der Waals surface area contributed by atoms with Crippen LogP contribution >= 0.6 is 0 Å². The fraction of sp³-hybridized carbons (Fsp3) is 0.190. The summed E-state index contributed by atoms with van der Waals surface area (Å²) in [6.45, 7) is 4.27. The van der Waals surface area contributed by atoms with Gasteiger partial charge >= 0.3 is 5.97 Å². The number of aromatic nitrogens is 1. The topological polar surface area (TPSA) is 89.6 Å². The number of hydrogen-bond acceptors (Lipinski definition) is 5. The van der Waals surface area contributed by atoms with Gasteiger partial charge in [-0.3, -0.25) is 9.78 Å². The largest absolute Gasteiger partial charge is 0.486 e. The smallest absolute Gasteiger partial charge is 0.335 e. The molecule has 3 aromatic rings. The zero-order valence-electron chi connectivity index (χ0n) is 15.0. The van der Waals surface area contributed by atoms with Crippen LogP contribution in [0.3, 0.4) is 0 Å². The van der Waals surface area contributed by atoms with Gasteiger partial charge in [-0.1, -0.05) is 19.9 Å². The summed E-state index contributed by atoms with van der Waals surface area (Å²) in [5.41, 5.74) is 0.612. The van der Waals surface area contributed by atoms with Crippen LogP contribution in [0.2, 0.25) is 0 Å². The fourth-order valence-electron chi connectivity index (χ4n) is 2.46. The summed E-state index contributed by atoms with van der Waals surface area (Å²) in [5.74, 6) is -0.578. The van der Waals surface area contributed by atoms with E-state index in [-0.39, 0.29) is 28.4 Å². The van der Waals surface area contributed by atoms with E-state index in [2.05, 4.69) is 4.98 Å². The minimum Gasteiger partial charge on any atom is -0.486 e. The average molecular weight is 365 g/mol. The lowest BCUT2D eigenvalue weighted by molar-refractivity contribution is 0.0697. The molecular formula is C21H19NO5. The summed E-state index contributed by atoms with van der Waals surface area (Å²) in [6.07, 6.45) is 5.02. The molecule has 0 aliphatic rings. The van der Waals surface area contributed by atoms with Crippen molar-refractivity contribution in [2.24, 2.45) is 5.92 Å². The van der Waals surface area contributed by atoms with Crippen molar-refractivity contribution in [2.45, 2.75) is 13.8 Å². The standard InChI is InChI=1S/C21H19NO5/c1-13(2)12-26-20-18(9-7-15-5-3-4-10-22-15)27-17-8-6-14(21(24)25)11-16(17)19(20)23/h3-11,13H,12H2,1-2H3,(H,24,25)/b9-7+. The molecule has 1 N–H and O–H groups in total. The van der Waals surface area contributed by atoms with Crippen LogP contribution in [0.5, 0.6) is 5.75 Å². The first-order valence-electron chi connectivity index (χ1n) is 8.52. The molecule has 27 heavy (non-hydrogen) atoms. The Morgan fingerprint density at radius 1 is 1.26 bits per heavy atom.